The molecule has 124 valence electrons. The minimum absolute atomic E-state index is 0.388. The highest BCUT2D eigenvalue weighted by Crippen LogP contribution is 2.21. The van der Waals surface area contributed by atoms with Gasteiger partial charge >= 0.3 is 0 Å². The van der Waals surface area contributed by atoms with E-state index in [0.717, 1.165) is 38.0 Å². The van der Waals surface area contributed by atoms with Gasteiger partial charge in [0.15, 0.2) is 0 Å². The second kappa shape index (κ2) is 9.71. The zero-order valence-corrected chi connectivity index (χ0v) is 14.8. The summed E-state index contributed by atoms with van der Waals surface area (Å²) in [5, 5.41) is 10.4. The molecule has 0 bridgehead atoms. The topological polar surface area (TPSA) is 36.4 Å². The van der Waals surface area contributed by atoms with E-state index < -0.39 is 0 Å². The second-order valence-corrected chi connectivity index (χ2v) is 6.50. The maximum atomic E-state index is 10.4. The van der Waals surface area contributed by atoms with Crippen LogP contribution in [0.2, 0.25) is 0 Å². The molecule has 0 aliphatic carbocycles. The molecule has 0 spiro atoms. The van der Waals surface area contributed by atoms with Crippen LogP contribution in [0.4, 0.5) is 0 Å². The van der Waals surface area contributed by atoms with Gasteiger partial charge in [0.2, 0.25) is 0 Å². The summed E-state index contributed by atoms with van der Waals surface area (Å²) in [6, 6.07) is 12.3. The third-order valence-electron chi connectivity index (χ3n) is 4.13. The SMILES string of the molecule is CCN(CCc1ccncc1)CCC(O)c1ccc(SC)cc1. The average molecular weight is 330 g/mol. The van der Waals surface area contributed by atoms with Crippen LogP contribution in [0, 0.1) is 0 Å². The first kappa shape index (κ1) is 18.0. The molecular weight excluding hydrogens is 304 g/mol. The lowest BCUT2D eigenvalue weighted by atomic mass is 10.1. The zero-order valence-electron chi connectivity index (χ0n) is 14.0. The summed E-state index contributed by atoms with van der Waals surface area (Å²) in [6.07, 6.45) is 7.15. The van der Waals surface area contributed by atoms with Crippen molar-refractivity contribution in [2.45, 2.75) is 30.8 Å². The molecule has 4 heteroatoms. The van der Waals surface area contributed by atoms with Gasteiger partial charge in [-0.1, -0.05) is 19.1 Å². The number of aliphatic hydroxyl groups is 1. The van der Waals surface area contributed by atoms with Gasteiger partial charge in [-0.15, -0.1) is 11.8 Å². The standard InChI is InChI=1S/C19H26N2OS/c1-3-21(14-10-16-8-12-20-13-9-16)15-11-19(22)17-4-6-18(23-2)7-5-17/h4-9,12-13,19,22H,3,10-11,14-15H2,1-2H3. The first-order chi connectivity index (χ1) is 11.2. The van der Waals surface area contributed by atoms with Gasteiger partial charge in [-0.25, -0.2) is 0 Å². The Morgan fingerprint density at radius 3 is 2.39 bits per heavy atom. The number of likely N-dealkylation sites (N-methyl/N-ethyl adjacent to an activating group) is 1. The molecule has 1 heterocycles. The second-order valence-electron chi connectivity index (χ2n) is 5.62. The molecule has 1 N–H and O–H groups in total. The lowest BCUT2D eigenvalue weighted by Crippen LogP contribution is -2.28. The van der Waals surface area contributed by atoms with Crippen LogP contribution in [0.25, 0.3) is 0 Å². The third kappa shape index (κ3) is 5.98. The van der Waals surface area contributed by atoms with E-state index in [0.29, 0.717) is 0 Å². The first-order valence-corrected chi connectivity index (χ1v) is 9.38. The van der Waals surface area contributed by atoms with Crippen LogP contribution in [-0.2, 0) is 6.42 Å². The maximum absolute atomic E-state index is 10.4. The minimum Gasteiger partial charge on any atom is -0.388 e. The number of benzene rings is 1. The Labute approximate surface area is 143 Å². The molecule has 3 nitrogen and oxygen atoms in total. The van der Waals surface area contributed by atoms with Crippen LogP contribution in [0.15, 0.2) is 53.7 Å². The number of hydrogen-bond acceptors (Lipinski definition) is 4. The molecule has 1 unspecified atom stereocenters. The highest BCUT2D eigenvalue weighted by Gasteiger charge is 2.10. The number of thioether (sulfide) groups is 1. The predicted octanol–water partition coefficient (Wildman–Crippen LogP) is 3.79. The Kier molecular flexibility index (Phi) is 7.59. The van der Waals surface area contributed by atoms with Crippen LogP contribution >= 0.6 is 11.8 Å². The van der Waals surface area contributed by atoms with E-state index in [1.54, 1.807) is 11.8 Å². The molecule has 1 aromatic heterocycles. The Morgan fingerprint density at radius 2 is 1.78 bits per heavy atom. The van der Waals surface area contributed by atoms with Crippen molar-refractivity contribution < 1.29 is 5.11 Å². The molecule has 1 aromatic carbocycles. The summed E-state index contributed by atoms with van der Waals surface area (Å²) < 4.78 is 0. The van der Waals surface area contributed by atoms with Crippen LogP contribution in [0.5, 0.6) is 0 Å². The fourth-order valence-electron chi connectivity index (χ4n) is 2.56. The lowest BCUT2D eigenvalue weighted by Gasteiger charge is -2.22. The van der Waals surface area contributed by atoms with Crippen molar-refractivity contribution in [3.8, 4) is 0 Å². The predicted molar refractivity (Wildman–Crippen MR) is 97.9 cm³/mol. The molecule has 0 saturated carbocycles. The maximum Gasteiger partial charge on any atom is 0.0802 e. The highest BCUT2D eigenvalue weighted by atomic mass is 32.2. The molecule has 2 rings (SSSR count). The molecule has 2 aromatic rings. The normalized spacial score (nSPS) is 12.5. The molecule has 0 saturated heterocycles. The van der Waals surface area contributed by atoms with Gasteiger partial charge in [-0.3, -0.25) is 4.98 Å². The van der Waals surface area contributed by atoms with Gasteiger partial charge in [0.1, 0.15) is 0 Å². The van der Waals surface area contributed by atoms with E-state index in [1.165, 1.54) is 10.5 Å². The van der Waals surface area contributed by atoms with E-state index >= 15 is 0 Å². The molecule has 1 atom stereocenters. The Hall–Kier alpha value is -1.36. The molecular formula is C19H26N2OS. The monoisotopic (exact) mass is 330 g/mol. The summed E-state index contributed by atoms with van der Waals surface area (Å²) in [6.45, 7) is 5.10. The van der Waals surface area contributed by atoms with Crippen LogP contribution in [-0.4, -0.2) is 40.9 Å². The van der Waals surface area contributed by atoms with Gasteiger partial charge in [-0.2, -0.15) is 0 Å². The molecule has 0 fully saturated rings. The minimum atomic E-state index is -0.388. The molecule has 0 aliphatic rings. The van der Waals surface area contributed by atoms with Crippen molar-refractivity contribution in [1.82, 2.24) is 9.88 Å². The van der Waals surface area contributed by atoms with Crippen molar-refractivity contribution in [1.29, 1.82) is 0 Å². The van der Waals surface area contributed by atoms with Gasteiger partial charge < -0.3 is 10.0 Å². The van der Waals surface area contributed by atoms with E-state index in [9.17, 15) is 5.11 Å². The zero-order chi connectivity index (χ0) is 16.5. The number of nitrogens with zero attached hydrogens (tertiary/aromatic N) is 2. The van der Waals surface area contributed by atoms with Crippen molar-refractivity contribution in [2.24, 2.45) is 0 Å². The van der Waals surface area contributed by atoms with E-state index in [2.05, 4.69) is 47.3 Å². The van der Waals surface area contributed by atoms with Crippen LogP contribution in [0.1, 0.15) is 30.6 Å². The van der Waals surface area contributed by atoms with E-state index in [4.69, 9.17) is 0 Å². The molecule has 23 heavy (non-hydrogen) atoms. The third-order valence-corrected chi connectivity index (χ3v) is 4.88. The van der Waals surface area contributed by atoms with Crippen LogP contribution < -0.4 is 0 Å². The van der Waals surface area contributed by atoms with E-state index in [-0.39, 0.29) is 6.10 Å². The summed E-state index contributed by atoms with van der Waals surface area (Å²) in [5.74, 6) is 0. The quantitative estimate of drug-likeness (QED) is 0.710. The Bertz CT molecular complexity index is 559. The largest absolute Gasteiger partial charge is 0.388 e. The Morgan fingerprint density at radius 1 is 1.09 bits per heavy atom. The average Bonchev–Trinajstić information content (AvgIpc) is 2.62. The first-order valence-electron chi connectivity index (χ1n) is 8.16. The Balaban J connectivity index is 1.79. The number of aliphatic hydroxyl groups excluding tert-OH is 1. The lowest BCUT2D eigenvalue weighted by molar-refractivity contribution is 0.144. The van der Waals surface area contributed by atoms with Gasteiger partial charge in [0, 0.05) is 30.4 Å². The fourth-order valence-corrected chi connectivity index (χ4v) is 2.97. The van der Waals surface area contributed by atoms with Crippen molar-refractivity contribution >= 4 is 11.8 Å². The molecule has 0 radical (unpaired) electrons. The molecule has 0 amide bonds. The van der Waals surface area contributed by atoms with Crippen molar-refractivity contribution in [3.63, 3.8) is 0 Å². The number of aromatic nitrogens is 1. The number of pyridine rings is 1. The smallest absolute Gasteiger partial charge is 0.0802 e. The summed E-state index contributed by atoms with van der Waals surface area (Å²) >= 11 is 1.72. The highest BCUT2D eigenvalue weighted by molar-refractivity contribution is 7.98. The summed E-state index contributed by atoms with van der Waals surface area (Å²) in [4.78, 5) is 7.67. The van der Waals surface area contributed by atoms with Crippen LogP contribution in [0.3, 0.4) is 0 Å². The number of hydrogen-bond donors (Lipinski definition) is 1. The summed E-state index contributed by atoms with van der Waals surface area (Å²) in [7, 11) is 0. The van der Waals surface area contributed by atoms with Crippen molar-refractivity contribution in [2.75, 3.05) is 25.9 Å². The van der Waals surface area contributed by atoms with Gasteiger partial charge in [0.05, 0.1) is 6.10 Å². The fraction of sp³-hybridized carbons (Fsp3) is 0.421. The molecule has 0 aliphatic heterocycles. The summed E-state index contributed by atoms with van der Waals surface area (Å²) in [5.41, 5.74) is 2.32. The van der Waals surface area contributed by atoms with E-state index in [1.807, 2.05) is 24.5 Å². The van der Waals surface area contributed by atoms with Gasteiger partial charge in [0.25, 0.3) is 0 Å². The van der Waals surface area contributed by atoms with Crippen molar-refractivity contribution in [3.05, 3.63) is 59.9 Å². The van der Waals surface area contributed by atoms with Gasteiger partial charge in [-0.05, 0) is 61.0 Å². The number of rotatable bonds is 9.